The molecule has 0 bridgehead atoms. The Morgan fingerprint density at radius 2 is 2.05 bits per heavy atom. The largest absolute Gasteiger partial charge is 0.360 e. The standard InChI is InChI=1S/C16H30N2S/c1-4-16(3)10-12-19-15(18-16)17-11-9-14-7-5-13(2)6-8-14/h13-14H,4-12H2,1-3H3,(H,17,18). The molecule has 0 aromatic heterocycles. The van der Waals surface area contributed by atoms with E-state index in [4.69, 9.17) is 4.99 Å². The summed E-state index contributed by atoms with van der Waals surface area (Å²) < 4.78 is 0. The minimum atomic E-state index is 0.282. The quantitative estimate of drug-likeness (QED) is 0.823. The lowest BCUT2D eigenvalue weighted by Crippen LogP contribution is -2.48. The van der Waals surface area contributed by atoms with E-state index in [1.54, 1.807) is 0 Å². The molecule has 0 spiro atoms. The second-order valence-corrected chi connectivity index (χ2v) is 7.82. The zero-order chi connectivity index (χ0) is 13.7. The van der Waals surface area contributed by atoms with Crippen LogP contribution in [0.3, 0.4) is 0 Å². The summed E-state index contributed by atoms with van der Waals surface area (Å²) in [6, 6.07) is 0. The highest BCUT2D eigenvalue weighted by atomic mass is 32.2. The van der Waals surface area contributed by atoms with Gasteiger partial charge in [0.25, 0.3) is 0 Å². The Balaban J connectivity index is 1.73. The first kappa shape index (κ1) is 15.2. The molecule has 1 saturated carbocycles. The zero-order valence-corrected chi connectivity index (χ0v) is 13.7. The lowest BCUT2D eigenvalue weighted by molar-refractivity contribution is 0.280. The Morgan fingerprint density at radius 1 is 1.32 bits per heavy atom. The van der Waals surface area contributed by atoms with Crippen molar-refractivity contribution in [3.63, 3.8) is 0 Å². The number of amidine groups is 1. The van der Waals surface area contributed by atoms with E-state index >= 15 is 0 Å². The summed E-state index contributed by atoms with van der Waals surface area (Å²) in [4.78, 5) is 4.81. The molecule has 2 fully saturated rings. The molecule has 110 valence electrons. The van der Waals surface area contributed by atoms with E-state index < -0.39 is 0 Å². The van der Waals surface area contributed by atoms with Gasteiger partial charge in [0.2, 0.25) is 0 Å². The van der Waals surface area contributed by atoms with Crippen LogP contribution in [-0.2, 0) is 0 Å². The third-order valence-electron chi connectivity index (χ3n) is 5.01. The normalized spacial score (nSPS) is 38.2. The van der Waals surface area contributed by atoms with E-state index in [0.717, 1.165) is 18.4 Å². The van der Waals surface area contributed by atoms with Gasteiger partial charge in [-0.25, -0.2) is 0 Å². The molecule has 1 unspecified atom stereocenters. The van der Waals surface area contributed by atoms with Crippen LogP contribution >= 0.6 is 11.8 Å². The number of thioether (sulfide) groups is 1. The summed E-state index contributed by atoms with van der Waals surface area (Å²) in [5.41, 5.74) is 0.282. The van der Waals surface area contributed by atoms with E-state index in [0.29, 0.717) is 0 Å². The van der Waals surface area contributed by atoms with Crippen LogP contribution in [-0.4, -0.2) is 23.0 Å². The van der Waals surface area contributed by atoms with E-state index in [1.807, 2.05) is 11.8 Å². The van der Waals surface area contributed by atoms with Gasteiger partial charge >= 0.3 is 0 Å². The van der Waals surface area contributed by atoms with Crippen molar-refractivity contribution in [1.29, 1.82) is 0 Å². The molecule has 0 amide bonds. The maximum absolute atomic E-state index is 4.81. The first-order valence-electron chi connectivity index (χ1n) is 8.07. The van der Waals surface area contributed by atoms with Crippen molar-refractivity contribution < 1.29 is 0 Å². The summed E-state index contributed by atoms with van der Waals surface area (Å²) in [6.07, 6.45) is 9.46. The van der Waals surface area contributed by atoms with Crippen molar-refractivity contribution in [2.45, 2.75) is 71.3 Å². The minimum Gasteiger partial charge on any atom is -0.360 e. The highest BCUT2D eigenvalue weighted by molar-refractivity contribution is 8.13. The van der Waals surface area contributed by atoms with Crippen molar-refractivity contribution in [1.82, 2.24) is 5.32 Å². The van der Waals surface area contributed by atoms with Gasteiger partial charge in [0.1, 0.15) is 0 Å². The molecule has 1 aliphatic heterocycles. The molecular weight excluding hydrogens is 252 g/mol. The summed E-state index contributed by atoms with van der Waals surface area (Å²) >= 11 is 1.91. The van der Waals surface area contributed by atoms with Gasteiger partial charge in [-0.05, 0) is 38.0 Å². The molecule has 1 aliphatic carbocycles. The predicted octanol–water partition coefficient (Wildman–Crippen LogP) is 4.45. The van der Waals surface area contributed by atoms with E-state index in [2.05, 4.69) is 26.1 Å². The van der Waals surface area contributed by atoms with Crippen molar-refractivity contribution in [3.8, 4) is 0 Å². The number of rotatable bonds is 4. The van der Waals surface area contributed by atoms with E-state index in [-0.39, 0.29) is 5.54 Å². The molecule has 0 aromatic rings. The van der Waals surface area contributed by atoms with Crippen LogP contribution in [0.5, 0.6) is 0 Å². The molecule has 1 saturated heterocycles. The fraction of sp³-hybridized carbons (Fsp3) is 0.938. The summed E-state index contributed by atoms with van der Waals surface area (Å²) in [6.45, 7) is 8.01. The number of nitrogens with zero attached hydrogens (tertiary/aromatic N) is 1. The average Bonchev–Trinajstić information content (AvgIpc) is 2.41. The molecule has 2 nitrogen and oxygen atoms in total. The highest BCUT2D eigenvalue weighted by Gasteiger charge is 2.27. The zero-order valence-electron chi connectivity index (χ0n) is 12.9. The van der Waals surface area contributed by atoms with Crippen LogP contribution in [0.1, 0.15) is 65.7 Å². The number of hydrogen-bond acceptors (Lipinski definition) is 2. The Morgan fingerprint density at radius 3 is 2.74 bits per heavy atom. The van der Waals surface area contributed by atoms with Gasteiger partial charge in [0.05, 0.1) is 0 Å². The number of nitrogens with one attached hydrogen (secondary N) is 1. The summed E-state index contributed by atoms with van der Waals surface area (Å²) in [5, 5.41) is 4.83. The molecule has 1 heterocycles. The van der Waals surface area contributed by atoms with Crippen molar-refractivity contribution in [3.05, 3.63) is 0 Å². The second kappa shape index (κ2) is 7.01. The molecule has 2 rings (SSSR count). The summed E-state index contributed by atoms with van der Waals surface area (Å²) in [7, 11) is 0. The molecule has 0 aromatic carbocycles. The fourth-order valence-corrected chi connectivity index (χ4v) is 4.29. The van der Waals surface area contributed by atoms with Gasteiger partial charge in [-0.2, -0.15) is 0 Å². The third-order valence-corrected chi connectivity index (χ3v) is 5.92. The van der Waals surface area contributed by atoms with Crippen LogP contribution in [0.4, 0.5) is 0 Å². The monoisotopic (exact) mass is 282 g/mol. The SMILES string of the molecule is CCC1(C)CCSC(=NCCC2CCC(C)CC2)N1. The lowest BCUT2D eigenvalue weighted by atomic mass is 9.81. The van der Waals surface area contributed by atoms with Gasteiger partial charge in [0.15, 0.2) is 5.17 Å². The van der Waals surface area contributed by atoms with Gasteiger partial charge in [0, 0.05) is 17.8 Å². The molecule has 19 heavy (non-hydrogen) atoms. The molecule has 2 aliphatic rings. The first-order chi connectivity index (χ1) is 9.11. The van der Waals surface area contributed by atoms with Gasteiger partial charge in [-0.1, -0.05) is 51.3 Å². The van der Waals surface area contributed by atoms with Crippen LogP contribution in [0.2, 0.25) is 0 Å². The minimum absolute atomic E-state index is 0.282. The Bertz CT molecular complexity index is 308. The van der Waals surface area contributed by atoms with Crippen LogP contribution in [0, 0.1) is 11.8 Å². The second-order valence-electron chi connectivity index (χ2n) is 6.74. The number of hydrogen-bond donors (Lipinski definition) is 1. The van der Waals surface area contributed by atoms with E-state index in [9.17, 15) is 0 Å². The maximum Gasteiger partial charge on any atom is 0.156 e. The van der Waals surface area contributed by atoms with Gasteiger partial charge < -0.3 is 5.32 Å². The molecule has 0 radical (unpaired) electrons. The van der Waals surface area contributed by atoms with Crippen molar-refractivity contribution in [2.24, 2.45) is 16.8 Å². The fourth-order valence-electron chi connectivity index (χ4n) is 3.05. The van der Waals surface area contributed by atoms with Crippen LogP contribution < -0.4 is 5.32 Å². The Kier molecular flexibility index (Phi) is 5.61. The Labute approximate surface area is 123 Å². The molecule has 3 heteroatoms. The van der Waals surface area contributed by atoms with Gasteiger partial charge in [-0.3, -0.25) is 4.99 Å². The molecule has 1 atom stereocenters. The topological polar surface area (TPSA) is 24.4 Å². The van der Waals surface area contributed by atoms with Crippen molar-refractivity contribution in [2.75, 3.05) is 12.3 Å². The highest BCUT2D eigenvalue weighted by Crippen LogP contribution is 2.30. The van der Waals surface area contributed by atoms with Crippen molar-refractivity contribution >= 4 is 16.9 Å². The molecular formula is C16H30N2S. The van der Waals surface area contributed by atoms with Gasteiger partial charge in [-0.15, -0.1) is 0 Å². The smallest absolute Gasteiger partial charge is 0.156 e. The number of aliphatic imine (C=N–C) groups is 1. The third kappa shape index (κ3) is 4.70. The lowest BCUT2D eigenvalue weighted by Gasteiger charge is -2.35. The Hall–Kier alpha value is -0.180. The first-order valence-corrected chi connectivity index (χ1v) is 9.05. The van der Waals surface area contributed by atoms with E-state index in [1.165, 1.54) is 55.9 Å². The molecule has 1 N–H and O–H groups in total. The van der Waals surface area contributed by atoms with Crippen LogP contribution in [0.15, 0.2) is 4.99 Å². The van der Waals surface area contributed by atoms with Crippen LogP contribution in [0.25, 0.3) is 0 Å². The average molecular weight is 282 g/mol. The maximum atomic E-state index is 4.81. The predicted molar refractivity (Wildman–Crippen MR) is 86.9 cm³/mol. The summed E-state index contributed by atoms with van der Waals surface area (Å²) in [5.74, 6) is 3.12.